The van der Waals surface area contributed by atoms with Gasteiger partial charge in [0.1, 0.15) is 13.2 Å². The van der Waals surface area contributed by atoms with Crippen molar-refractivity contribution in [3.63, 3.8) is 0 Å². The number of rotatable bonds is 59. The summed E-state index contributed by atoms with van der Waals surface area (Å²) in [6, 6.07) is 0. The molecule has 0 fully saturated rings. The quantitative estimate of drug-likeness (QED) is 0.0261. The van der Waals surface area contributed by atoms with Crippen molar-refractivity contribution in [3.8, 4) is 0 Å². The number of hydrogen-bond donors (Lipinski definition) is 0. The summed E-state index contributed by atoms with van der Waals surface area (Å²) in [5.74, 6) is -0.884. The number of unbranched alkanes of at least 4 members (excludes halogenated alkanes) is 40. The molecule has 0 aliphatic heterocycles. The number of ether oxygens (including phenoxy) is 3. The normalized spacial score (nSPS) is 12.3. The minimum absolute atomic E-state index is 0.0793. The molecular formula is C67H122O6. The van der Waals surface area contributed by atoms with E-state index in [1.54, 1.807) is 0 Å². The van der Waals surface area contributed by atoms with Gasteiger partial charge in [-0.2, -0.15) is 0 Å². The zero-order valence-corrected chi connectivity index (χ0v) is 48.9. The Labute approximate surface area is 454 Å². The van der Waals surface area contributed by atoms with Crippen LogP contribution in [0.3, 0.4) is 0 Å². The molecule has 6 heteroatoms. The van der Waals surface area contributed by atoms with Crippen molar-refractivity contribution >= 4 is 17.9 Å². The fourth-order valence-electron chi connectivity index (χ4n) is 9.45. The summed E-state index contributed by atoms with van der Waals surface area (Å²) in [5.41, 5.74) is 0. The van der Waals surface area contributed by atoms with Crippen LogP contribution in [0.4, 0.5) is 0 Å². The Morgan fingerprint density at radius 3 is 0.808 bits per heavy atom. The van der Waals surface area contributed by atoms with Crippen molar-refractivity contribution in [2.24, 2.45) is 0 Å². The molecule has 0 aromatic carbocycles. The summed E-state index contributed by atoms with van der Waals surface area (Å²) in [6.45, 7) is 6.65. The summed E-state index contributed by atoms with van der Waals surface area (Å²) in [5, 5.41) is 0. The molecule has 0 radical (unpaired) electrons. The van der Waals surface area contributed by atoms with Gasteiger partial charge in [0.05, 0.1) is 0 Å². The first kappa shape index (κ1) is 70.4. The van der Waals surface area contributed by atoms with Crippen LogP contribution in [-0.4, -0.2) is 37.2 Å². The highest BCUT2D eigenvalue weighted by Gasteiger charge is 2.19. The second-order valence-corrected chi connectivity index (χ2v) is 21.7. The van der Waals surface area contributed by atoms with E-state index in [4.69, 9.17) is 14.2 Å². The molecule has 0 saturated carbocycles. The molecule has 6 nitrogen and oxygen atoms in total. The Balaban J connectivity index is 4.37. The lowest BCUT2D eigenvalue weighted by Crippen LogP contribution is -2.30. The van der Waals surface area contributed by atoms with Gasteiger partial charge in [-0.1, -0.05) is 288 Å². The van der Waals surface area contributed by atoms with Gasteiger partial charge in [-0.25, -0.2) is 0 Å². The van der Waals surface area contributed by atoms with E-state index >= 15 is 0 Å². The molecule has 426 valence electrons. The summed E-state index contributed by atoms with van der Waals surface area (Å²) in [4.78, 5) is 38.3. The maximum atomic E-state index is 12.9. The van der Waals surface area contributed by atoms with Gasteiger partial charge in [-0.15, -0.1) is 0 Å². The average molecular weight is 1020 g/mol. The highest BCUT2D eigenvalue weighted by atomic mass is 16.6. The number of hydrogen-bond acceptors (Lipinski definition) is 6. The number of esters is 3. The monoisotopic (exact) mass is 1020 g/mol. The van der Waals surface area contributed by atoms with Crippen LogP contribution in [-0.2, 0) is 28.6 Å². The van der Waals surface area contributed by atoms with Crippen molar-refractivity contribution in [2.75, 3.05) is 13.2 Å². The summed E-state index contributed by atoms with van der Waals surface area (Å²) < 4.78 is 16.9. The third kappa shape index (κ3) is 60.1. The third-order valence-electron chi connectivity index (χ3n) is 14.3. The SMILES string of the molecule is CCCCC/C=C\C/C=C\C/C=C\CCCCCCC(=O)OC[C@H](COC(=O)CCCCCCCCC/C=C\CCCCCCCCCC)OC(=O)CCCCCCCCCCCCCCCCCCCCC. The lowest BCUT2D eigenvalue weighted by molar-refractivity contribution is -0.167. The molecule has 0 amide bonds. The van der Waals surface area contributed by atoms with Crippen molar-refractivity contribution in [2.45, 2.75) is 348 Å². The van der Waals surface area contributed by atoms with Crippen LogP contribution >= 0.6 is 0 Å². The van der Waals surface area contributed by atoms with Gasteiger partial charge < -0.3 is 14.2 Å². The van der Waals surface area contributed by atoms with E-state index in [1.165, 1.54) is 218 Å². The van der Waals surface area contributed by atoms with Gasteiger partial charge in [0, 0.05) is 19.3 Å². The highest BCUT2D eigenvalue weighted by molar-refractivity contribution is 5.71. The van der Waals surface area contributed by atoms with E-state index in [2.05, 4.69) is 69.4 Å². The third-order valence-corrected chi connectivity index (χ3v) is 14.3. The molecular weight excluding hydrogens is 901 g/mol. The summed E-state index contributed by atoms with van der Waals surface area (Å²) >= 11 is 0. The molecule has 0 aromatic rings. The van der Waals surface area contributed by atoms with Crippen molar-refractivity contribution in [3.05, 3.63) is 48.6 Å². The lowest BCUT2D eigenvalue weighted by Gasteiger charge is -2.18. The summed E-state index contributed by atoms with van der Waals surface area (Å²) in [6.07, 6.45) is 76.8. The van der Waals surface area contributed by atoms with E-state index < -0.39 is 6.10 Å². The molecule has 73 heavy (non-hydrogen) atoms. The van der Waals surface area contributed by atoms with Crippen LogP contribution in [0, 0.1) is 0 Å². The van der Waals surface area contributed by atoms with Crippen LogP contribution in [0.5, 0.6) is 0 Å². The molecule has 0 spiro atoms. The van der Waals surface area contributed by atoms with Gasteiger partial charge >= 0.3 is 17.9 Å². The minimum atomic E-state index is -0.783. The Kier molecular flexibility index (Phi) is 59.7. The number of carbonyl (C=O) groups is 3. The Hall–Kier alpha value is -2.63. The molecule has 0 rings (SSSR count). The van der Waals surface area contributed by atoms with Crippen molar-refractivity contribution < 1.29 is 28.6 Å². The fraction of sp³-hybridized carbons (Fsp3) is 0.836. The first-order chi connectivity index (χ1) is 36.0. The minimum Gasteiger partial charge on any atom is -0.462 e. The van der Waals surface area contributed by atoms with Crippen LogP contribution < -0.4 is 0 Å². The second-order valence-electron chi connectivity index (χ2n) is 21.7. The molecule has 0 heterocycles. The molecule has 0 aliphatic carbocycles. The first-order valence-electron chi connectivity index (χ1n) is 32.1. The number of allylic oxidation sites excluding steroid dienone is 8. The van der Waals surface area contributed by atoms with E-state index in [1.807, 2.05) is 0 Å². The Morgan fingerprint density at radius 2 is 0.493 bits per heavy atom. The molecule has 0 bridgehead atoms. The van der Waals surface area contributed by atoms with Gasteiger partial charge in [-0.05, 0) is 83.5 Å². The van der Waals surface area contributed by atoms with Crippen molar-refractivity contribution in [1.82, 2.24) is 0 Å². The molecule has 0 aromatic heterocycles. The standard InChI is InChI=1S/C67H122O6/c1-4-7-10-13-16-19-22-25-28-31-33-36-39-42-45-48-51-54-57-60-66(69)72-63-64(62-71-65(68)59-56-53-50-47-44-41-38-35-30-27-24-21-18-15-12-9-6-3)73-67(70)61-58-55-52-49-46-43-40-37-34-32-29-26-23-20-17-14-11-8-5-2/h18,21,27,30-31,33,38,41,64H,4-17,19-20,22-26,28-29,32,34-37,39-40,42-63H2,1-3H3/b21-18-,30-27-,33-31-,41-38-/t64-/m1/s1. The van der Waals surface area contributed by atoms with Gasteiger partial charge in [0.2, 0.25) is 0 Å². The first-order valence-corrected chi connectivity index (χ1v) is 32.1. The Morgan fingerprint density at radius 1 is 0.274 bits per heavy atom. The van der Waals surface area contributed by atoms with Crippen LogP contribution in [0.1, 0.15) is 342 Å². The molecule has 1 atom stereocenters. The zero-order chi connectivity index (χ0) is 52.9. The number of carbonyl (C=O) groups excluding carboxylic acids is 3. The van der Waals surface area contributed by atoms with Gasteiger partial charge in [0.15, 0.2) is 6.10 Å². The predicted octanol–water partition coefficient (Wildman–Crippen LogP) is 21.8. The van der Waals surface area contributed by atoms with E-state index in [-0.39, 0.29) is 31.1 Å². The zero-order valence-electron chi connectivity index (χ0n) is 48.9. The molecule has 0 saturated heterocycles. The van der Waals surface area contributed by atoms with E-state index in [0.717, 1.165) is 83.5 Å². The average Bonchev–Trinajstić information content (AvgIpc) is 3.39. The molecule has 0 aliphatic rings. The van der Waals surface area contributed by atoms with Gasteiger partial charge in [-0.3, -0.25) is 14.4 Å². The summed E-state index contributed by atoms with van der Waals surface area (Å²) in [7, 11) is 0. The van der Waals surface area contributed by atoms with E-state index in [0.29, 0.717) is 19.3 Å². The maximum absolute atomic E-state index is 12.9. The van der Waals surface area contributed by atoms with Crippen LogP contribution in [0.2, 0.25) is 0 Å². The van der Waals surface area contributed by atoms with Crippen LogP contribution in [0.25, 0.3) is 0 Å². The molecule has 0 unspecified atom stereocenters. The van der Waals surface area contributed by atoms with Gasteiger partial charge in [0.25, 0.3) is 0 Å². The highest BCUT2D eigenvalue weighted by Crippen LogP contribution is 2.17. The van der Waals surface area contributed by atoms with Crippen LogP contribution in [0.15, 0.2) is 48.6 Å². The topological polar surface area (TPSA) is 78.9 Å². The largest absolute Gasteiger partial charge is 0.462 e. The smallest absolute Gasteiger partial charge is 0.306 e. The van der Waals surface area contributed by atoms with E-state index in [9.17, 15) is 14.4 Å². The lowest BCUT2D eigenvalue weighted by atomic mass is 10.0. The van der Waals surface area contributed by atoms with Crippen molar-refractivity contribution in [1.29, 1.82) is 0 Å². The predicted molar refractivity (Wildman–Crippen MR) is 316 cm³/mol. The second kappa shape index (κ2) is 61.9. The fourth-order valence-corrected chi connectivity index (χ4v) is 9.45. The maximum Gasteiger partial charge on any atom is 0.306 e. The molecule has 0 N–H and O–H groups in total. The Bertz CT molecular complexity index is 1270.